The number of amidine groups is 1. The first kappa shape index (κ1) is 43.2. The van der Waals surface area contributed by atoms with Crippen molar-refractivity contribution in [3.63, 3.8) is 0 Å². The number of aromatic nitrogens is 1. The summed E-state index contributed by atoms with van der Waals surface area (Å²) in [5, 5.41) is 11.7. The van der Waals surface area contributed by atoms with E-state index in [-0.39, 0.29) is 12.0 Å². The molecule has 13 rings (SSSR count). The largest absolute Gasteiger partial charge is 0.455 e. The normalized spacial score (nSPS) is 13.3. The van der Waals surface area contributed by atoms with Crippen LogP contribution in [0.1, 0.15) is 49.9 Å². The minimum Gasteiger partial charge on any atom is -0.455 e. The summed E-state index contributed by atoms with van der Waals surface area (Å²) in [6, 6.07) is 82.7. The summed E-state index contributed by atoms with van der Waals surface area (Å²) >= 11 is 0. The number of hydrogen-bond donors (Lipinski definition) is 0. The highest BCUT2D eigenvalue weighted by Crippen LogP contribution is 2.45. The second-order valence-corrected chi connectivity index (χ2v) is 19.3. The Morgan fingerprint density at radius 3 is 1.78 bits per heavy atom. The van der Waals surface area contributed by atoms with Crippen LogP contribution in [0, 0.1) is 5.92 Å². The molecule has 0 saturated heterocycles. The van der Waals surface area contributed by atoms with Crippen molar-refractivity contribution in [2.45, 2.75) is 33.2 Å². The van der Waals surface area contributed by atoms with Gasteiger partial charge in [0.25, 0.3) is 0 Å². The molecule has 0 fully saturated rings. The van der Waals surface area contributed by atoms with Gasteiger partial charge in [-0.05, 0) is 98.6 Å². The molecular weight excluding hydrogens is 875 g/mol. The van der Waals surface area contributed by atoms with Crippen LogP contribution in [0.25, 0.3) is 104 Å². The van der Waals surface area contributed by atoms with Crippen LogP contribution in [-0.2, 0) is 0 Å². The summed E-state index contributed by atoms with van der Waals surface area (Å²) in [6.45, 7) is 6.69. The van der Waals surface area contributed by atoms with Gasteiger partial charge in [-0.3, -0.25) is 4.99 Å². The van der Waals surface area contributed by atoms with Crippen molar-refractivity contribution in [1.29, 1.82) is 0 Å². The van der Waals surface area contributed by atoms with Crippen molar-refractivity contribution in [1.82, 2.24) is 4.57 Å². The van der Waals surface area contributed by atoms with Crippen LogP contribution in [0.5, 0.6) is 0 Å². The molecule has 13 aromatic rings. The van der Waals surface area contributed by atoms with Gasteiger partial charge < -0.3 is 8.98 Å². The molecule has 0 saturated carbocycles. The number of hydrogen-bond acceptors (Lipinski definition) is 2. The second-order valence-electron chi connectivity index (χ2n) is 19.3. The van der Waals surface area contributed by atoms with E-state index in [2.05, 4.69) is 256 Å². The van der Waals surface area contributed by atoms with Crippen LogP contribution in [0.15, 0.2) is 245 Å². The summed E-state index contributed by atoms with van der Waals surface area (Å²) in [5.41, 5.74) is 13.7. The van der Waals surface area contributed by atoms with Crippen molar-refractivity contribution >= 4 is 87.6 Å². The lowest BCUT2D eigenvalue weighted by Gasteiger charge is -2.22. The van der Waals surface area contributed by atoms with Crippen LogP contribution in [0.3, 0.4) is 0 Å². The molecular formula is C68H51N3O. The molecule has 4 nitrogen and oxygen atoms in total. The van der Waals surface area contributed by atoms with Gasteiger partial charge in [0.05, 0.1) is 17.1 Å². The van der Waals surface area contributed by atoms with E-state index in [1.165, 1.54) is 49.0 Å². The maximum atomic E-state index is 7.29. The van der Waals surface area contributed by atoms with E-state index in [1.807, 2.05) is 0 Å². The molecule has 0 N–H and O–H groups in total. The van der Waals surface area contributed by atoms with Crippen LogP contribution in [0.2, 0.25) is 0 Å². The first-order valence-electron chi connectivity index (χ1n) is 25.1. The number of fused-ring (bicyclic) bond motifs is 11. The first-order chi connectivity index (χ1) is 35.5. The van der Waals surface area contributed by atoms with Crippen molar-refractivity contribution < 1.29 is 4.42 Å². The zero-order chi connectivity index (χ0) is 48.3. The van der Waals surface area contributed by atoms with Gasteiger partial charge >= 0.3 is 0 Å². The molecule has 0 aliphatic heterocycles. The Labute approximate surface area is 418 Å². The fraction of sp³-hybridized carbons (Fsp3) is 0.0882. The summed E-state index contributed by atoms with van der Waals surface area (Å²) in [7, 11) is 0. The molecule has 2 atom stereocenters. The minimum absolute atomic E-state index is 0.104. The second kappa shape index (κ2) is 17.8. The van der Waals surface area contributed by atoms with Crippen LogP contribution in [0.4, 0.5) is 0 Å². The third-order valence-corrected chi connectivity index (χ3v) is 14.9. The van der Waals surface area contributed by atoms with E-state index in [0.29, 0.717) is 5.84 Å². The van der Waals surface area contributed by atoms with Gasteiger partial charge in [0.15, 0.2) is 5.84 Å². The number of nitrogens with zero attached hydrogens (tertiary/aromatic N) is 3. The SMILES string of the molecule is CCC(C)C(N=C(N=C(C)c1cccc(-c2ccccc2)c1)c1ccc(-c2ccccc2)cc1)c1cc(-n2c3cc4ccccc4cc3c3ccc4ccccc4c32)cc2c1oc1c3ccccc3ccc21. The van der Waals surface area contributed by atoms with Crippen LogP contribution in [-0.4, -0.2) is 16.1 Å². The summed E-state index contributed by atoms with van der Waals surface area (Å²) in [6.07, 6.45) is 0.886. The van der Waals surface area contributed by atoms with Gasteiger partial charge in [0.1, 0.15) is 11.2 Å². The predicted molar refractivity (Wildman–Crippen MR) is 305 cm³/mol. The van der Waals surface area contributed by atoms with E-state index in [1.54, 1.807) is 0 Å². The predicted octanol–water partition coefficient (Wildman–Crippen LogP) is 18.5. The lowest BCUT2D eigenvalue weighted by molar-refractivity contribution is 0.457. The highest BCUT2D eigenvalue weighted by atomic mass is 16.3. The average Bonchev–Trinajstić information content (AvgIpc) is 3.99. The number of rotatable bonds is 9. The van der Waals surface area contributed by atoms with Gasteiger partial charge in [0, 0.05) is 54.8 Å². The van der Waals surface area contributed by atoms with E-state index in [0.717, 1.165) is 83.9 Å². The molecule has 0 spiro atoms. The quantitative estimate of drug-likeness (QED) is 0.105. The summed E-state index contributed by atoms with van der Waals surface area (Å²) < 4.78 is 9.80. The summed E-state index contributed by atoms with van der Waals surface area (Å²) in [5.74, 6) is 0.781. The molecule has 2 aromatic heterocycles. The first-order valence-corrected chi connectivity index (χ1v) is 25.1. The van der Waals surface area contributed by atoms with Crippen molar-refractivity contribution in [2.24, 2.45) is 15.9 Å². The zero-order valence-electron chi connectivity index (χ0n) is 40.6. The Morgan fingerprint density at radius 2 is 1.06 bits per heavy atom. The smallest absolute Gasteiger partial charge is 0.155 e. The van der Waals surface area contributed by atoms with Crippen LogP contribution >= 0.6 is 0 Å². The lowest BCUT2D eigenvalue weighted by atomic mass is 9.90. The maximum absolute atomic E-state index is 7.29. The Balaban J connectivity index is 1.10. The van der Waals surface area contributed by atoms with E-state index < -0.39 is 0 Å². The van der Waals surface area contributed by atoms with Crippen molar-refractivity contribution in [2.75, 3.05) is 0 Å². The standard InChI is InChI=1S/C68H51N3O/c1-4-43(2)64(70-68(50-32-30-47(31-33-50)45-18-7-5-8-19-45)69-44(3)51-26-17-27-52(38-51)46-20-9-6-10-21-46)62-42-55(41-61-59-37-35-49-23-14-16-29-57(49)66(59)72-67(61)62)71-63-40-54-25-12-11-24-53(54)39-60(63)58-36-34-48-22-13-15-28-56(48)65(58)71/h5-43,64H,4H2,1-3H3. The Bertz CT molecular complexity index is 4270. The van der Waals surface area contributed by atoms with Gasteiger partial charge in [0.2, 0.25) is 0 Å². The van der Waals surface area contributed by atoms with E-state index in [4.69, 9.17) is 14.4 Å². The van der Waals surface area contributed by atoms with Gasteiger partial charge in [-0.25, -0.2) is 4.99 Å². The molecule has 0 bridgehead atoms. The van der Waals surface area contributed by atoms with Crippen LogP contribution < -0.4 is 0 Å². The molecule has 0 aliphatic rings. The fourth-order valence-electron chi connectivity index (χ4n) is 10.9. The van der Waals surface area contributed by atoms with E-state index in [9.17, 15) is 0 Å². The Kier molecular flexibility index (Phi) is 10.7. The molecule has 4 heteroatoms. The topological polar surface area (TPSA) is 42.8 Å². The van der Waals surface area contributed by atoms with Gasteiger partial charge in [-0.1, -0.05) is 214 Å². The lowest BCUT2D eigenvalue weighted by Crippen LogP contribution is -2.13. The number of furan rings is 1. The highest BCUT2D eigenvalue weighted by molar-refractivity contribution is 6.22. The highest BCUT2D eigenvalue weighted by Gasteiger charge is 2.27. The number of aliphatic imine (C=N–C) groups is 2. The van der Waals surface area contributed by atoms with E-state index >= 15 is 0 Å². The zero-order valence-corrected chi connectivity index (χ0v) is 40.6. The molecule has 344 valence electrons. The fourth-order valence-corrected chi connectivity index (χ4v) is 10.9. The summed E-state index contributed by atoms with van der Waals surface area (Å²) in [4.78, 5) is 11.5. The molecule has 11 aromatic carbocycles. The Morgan fingerprint density at radius 1 is 0.458 bits per heavy atom. The van der Waals surface area contributed by atoms with Crippen molar-refractivity contribution in [3.8, 4) is 27.9 Å². The Hall–Kier alpha value is -8.86. The molecule has 2 heterocycles. The number of benzene rings is 11. The average molecular weight is 926 g/mol. The minimum atomic E-state index is -0.342. The molecule has 0 aliphatic carbocycles. The maximum Gasteiger partial charge on any atom is 0.155 e. The third-order valence-electron chi connectivity index (χ3n) is 14.9. The monoisotopic (exact) mass is 925 g/mol. The van der Waals surface area contributed by atoms with Crippen molar-refractivity contribution in [3.05, 3.63) is 247 Å². The van der Waals surface area contributed by atoms with Gasteiger partial charge in [-0.2, -0.15) is 0 Å². The molecule has 72 heavy (non-hydrogen) atoms. The van der Waals surface area contributed by atoms with Gasteiger partial charge in [-0.15, -0.1) is 0 Å². The third kappa shape index (κ3) is 7.46. The molecule has 2 unspecified atom stereocenters. The molecule has 0 radical (unpaired) electrons. The molecule has 0 amide bonds.